The Bertz CT molecular complexity index is 1380. The van der Waals surface area contributed by atoms with E-state index in [4.69, 9.17) is 4.74 Å². The fourth-order valence-electron chi connectivity index (χ4n) is 3.38. The summed E-state index contributed by atoms with van der Waals surface area (Å²) in [5.74, 6) is -1.21. The predicted octanol–water partition coefficient (Wildman–Crippen LogP) is 7.32. The van der Waals surface area contributed by atoms with Gasteiger partial charge in [-0.3, -0.25) is 0 Å². The Hall–Kier alpha value is -3.31. The zero-order valence-electron chi connectivity index (χ0n) is 19.1. The van der Waals surface area contributed by atoms with E-state index in [1.54, 1.807) is 54.6 Å². The number of benzene rings is 4. The van der Waals surface area contributed by atoms with Gasteiger partial charge in [-0.25, -0.2) is 9.59 Å². The van der Waals surface area contributed by atoms with Gasteiger partial charge in [0.25, 0.3) is 0 Å². The van der Waals surface area contributed by atoms with Gasteiger partial charge in [-0.1, -0.05) is 30.3 Å². The highest BCUT2D eigenvalue weighted by Crippen LogP contribution is 2.34. The van der Waals surface area contributed by atoms with Gasteiger partial charge in [-0.15, -0.1) is 0 Å². The number of hydrogen-bond donors (Lipinski definition) is 0. The number of ether oxygens (including phenoxy) is 2. The van der Waals surface area contributed by atoms with Crippen LogP contribution in [0, 0.1) is 3.57 Å². The molecule has 0 fully saturated rings. The van der Waals surface area contributed by atoms with Crippen molar-refractivity contribution in [1.82, 2.24) is 0 Å². The van der Waals surface area contributed by atoms with Crippen molar-refractivity contribution in [2.45, 2.75) is 20.9 Å². The van der Waals surface area contributed by atoms with Crippen molar-refractivity contribution in [2.24, 2.45) is 0 Å². The van der Waals surface area contributed by atoms with Gasteiger partial charge in [-0.2, -0.15) is 13.2 Å². The van der Waals surface area contributed by atoms with Crippen LogP contribution in [0.4, 0.5) is 13.2 Å². The zero-order valence-corrected chi connectivity index (χ0v) is 22.0. The monoisotopic (exact) mass is 635 g/mol. The summed E-state index contributed by atoms with van der Waals surface area (Å²) in [7, 11) is -0.854. The third-order valence-corrected chi connectivity index (χ3v) is 8.02. The van der Waals surface area contributed by atoms with E-state index in [9.17, 15) is 22.8 Å². The average Bonchev–Trinajstić information content (AvgIpc) is 2.89. The maximum atomic E-state index is 12.7. The summed E-state index contributed by atoms with van der Waals surface area (Å²) in [5.41, 5.74) is 0.466. The van der Waals surface area contributed by atoms with Gasteiger partial charge >= 0.3 is 18.1 Å². The summed E-state index contributed by atoms with van der Waals surface area (Å²) >= 11 is 2.15. The smallest absolute Gasteiger partial charge is 0.422 e. The summed E-state index contributed by atoms with van der Waals surface area (Å²) in [4.78, 5) is 27.3. The van der Waals surface area contributed by atoms with Crippen LogP contribution in [0.1, 0.15) is 20.7 Å². The largest absolute Gasteiger partial charge is 0.452 e. The second kappa shape index (κ2) is 11.8. The minimum absolute atomic E-state index is 0.0492. The van der Waals surface area contributed by atoms with Gasteiger partial charge < -0.3 is 9.47 Å². The van der Waals surface area contributed by atoms with Crippen molar-refractivity contribution >= 4 is 45.4 Å². The number of esters is 2. The number of halogens is 4. The van der Waals surface area contributed by atoms with Crippen LogP contribution in [0.15, 0.2) is 118 Å². The molecule has 0 spiro atoms. The van der Waals surface area contributed by atoms with Crippen LogP contribution in [-0.2, 0) is 15.6 Å². The normalized spacial score (nSPS) is 12.0. The Morgan fingerprint density at radius 1 is 0.730 bits per heavy atom. The number of hydrogen-bond acceptors (Lipinski definition) is 4. The SMILES string of the molecule is O=C(Oc1ccc([S+](c2ccccc2)c2ccccc2C(=O)OCC(F)(F)F)cc1)c1ccc(I)cc1. The number of carbonyl (C=O) groups excluding carboxylic acids is 2. The van der Waals surface area contributed by atoms with E-state index >= 15 is 0 Å². The molecule has 0 bridgehead atoms. The fraction of sp³-hybridized carbons (Fsp3) is 0.0714. The molecule has 0 heterocycles. The molecule has 1 atom stereocenters. The van der Waals surface area contributed by atoms with E-state index in [0.29, 0.717) is 16.2 Å². The molecule has 0 aliphatic carbocycles. The first-order chi connectivity index (χ1) is 17.7. The van der Waals surface area contributed by atoms with Gasteiger partial charge in [-0.05, 0) is 95.4 Å². The average molecular weight is 635 g/mol. The molecule has 0 saturated heterocycles. The van der Waals surface area contributed by atoms with Crippen molar-refractivity contribution in [3.8, 4) is 5.75 Å². The van der Waals surface area contributed by atoms with Crippen LogP contribution in [-0.4, -0.2) is 24.7 Å². The van der Waals surface area contributed by atoms with Crippen molar-refractivity contribution < 1.29 is 32.2 Å². The Morgan fingerprint density at radius 2 is 1.32 bits per heavy atom. The Morgan fingerprint density at radius 3 is 1.97 bits per heavy atom. The lowest BCUT2D eigenvalue weighted by molar-refractivity contribution is -0.161. The van der Waals surface area contributed by atoms with Gasteiger partial charge in [0.05, 0.1) is 5.56 Å². The maximum Gasteiger partial charge on any atom is 0.422 e. The first-order valence-electron chi connectivity index (χ1n) is 10.9. The van der Waals surface area contributed by atoms with E-state index in [2.05, 4.69) is 27.3 Å². The lowest BCUT2D eigenvalue weighted by Gasteiger charge is -2.13. The van der Waals surface area contributed by atoms with Gasteiger partial charge in [0, 0.05) is 3.57 Å². The van der Waals surface area contributed by atoms with Crippen molar-refractivity contribution in [3.63, 3.8) is 0 Å². The first kappa shape index (κ1) is 26.7. The van der Waals surface area contributed by atoms with E-state index < -0.39 is 35.6 Å². The van der Waals surface area contributed by atoms with Crippen molar-refractivity contribution in [3.05, 3.63) is 118 Å². The Kier molecular flexibility index (Phi) is 8.55. The van der Waals surface area contributed by atoms with Gasteiger partial charge in [0.15, 0.2) is 21.3 Å². The molecule has 4 aromatic rings. The van der Waals surface area contributed by atoms with Gasteiger partial charge in [0.1, 0.15) is 22.2 Å². The molecule has 0 amide bonds. The van der Waals surface area contributed by atoms with Crippen LogP contribution >= 0.6 is 22.6 Å². The molecule has 4 rings (SSSR count). The second-order valence-corrected chi connectivity index (χ2v) is 10.9. The molecular weight excluding hydrogens is 616 g/mol. The van der Waals surface area contributed by atoms with E-state index in [1.165, 1.54) is 6.07 Å². The highest BCUT2D eigenvalue weighted by atomic mass is 127. The summed E-state index contributed by atoms with van der Waals surface area (Å²) in [6, 6.07) is 29.6. The number of carbonyl (C=O) groups is 2. The second-order valence-electron chi connectivity index (χ2n) is 7.67. The maximum absolute atomic E-state index is 12.7. The minimum Gasteiger partial charge on any atom is -0.452 e. The third-order valence-electron chi connectivity index (χ3n) is 5.02. The zero-order chi connectivity index (χ0) is 26.4. The molecule has 0 aliphatic rings. The molecule has 9 heteroatoms. The molecule has 0 aliphatic heterocycles. The fourth-order valence-corrected chi connectivity index (χ4v) is 5.94. The highest BCUT2D eigenvalue weighted by Gasteiger charge is 2.35. The van der Waals surface area contributed by atoms with E-state index in [1.807, 2.05) is 42.5 Å². The Labute approximate surface area is 227 Å². The molecule has 0 aromatic heterocycles. The first-order valence-corrected chi connectivity index (χ1v) is 13.2. The molecule has 0 N–H and O–H groups in total. The van der Waals surface area contributed by atoms with Crippen LogP contribution in [0.5, 0.6) is 5.75 Å². The highest BCUT2D eigenvalue weighted by molar-refractivity contribution is 14.1. The summed E-state index contributed by atoms with van der Waals surface area (Å²) in [6.07, 6.45) is -4.63. The van der Waals surface area contributed by atoms with Crippen molar-refractivity contribution in [2.75, 3.05) is 6.61 Å². The van der Waals surface area contributed by atoms with Crippen LogP contribution in [0.3, 0.4) is 0 Å². The summed E-state index contributed by atoms with van der Waals surface area (Å²) in [6.45, 7) is -1.67. The lowest BCUT2D eigenvalue weighted by Crippen LogP contribution is -2.21. The van der Waals surface area contributed by atoms with Crippen LogP contribution in [0.25, 0.3) is 0 Å². The molecule has 188 valence electrons. The van der Waals surface area contributed by atoms with Crippen LogP contribution < -0.4 is 4.74 Å². The topological polar surface area (TPSA) is 52.6 Å². The molecule has 4 aromatic carbocycles. The summed E-state index contributed by atoms with van der Waals surface area (Å²) in [5, 5.41) is 0. The van der Waals surface area contributed by atoms with Crippen LogP contribution in [0.2, 0.25) is 0 Å². The number of rotatable bonds is 7. The number of alkyl halides is 3. The Balaban J connectivity index is 1.65. The van der Waals surface area contributed by atoms with E-state index in [-0.39, 0.29) is 5.56 Å². The molecule has 4 nitrogen and oxygen atoms in total. The predicted molar refractivity (Wildman–Crippen MR) is 142 cm³/mol. The molecule has 1 unspecified atom stereocenters. The van der Waals surface area contributed by atoms with Gasteiger partial charge in [0.2, 0.25) is 0 Å². The molecular formula is C28H19F3IO4S+. The van der Waals surface area contributed by atoms with E-state index in [0.717, 1.165) is 13.4 Å². The quantitative estimate of drug-likeness (QED) is 0.0925. The molecule has 0 saturated carbocycles. The standard InChI is InChI=1S/C28H19F3IO4S/c29-28(30,31)18-35-27(34)24-8-4-5-9-25(24)37(22-6-2-1-3-7-22)23-16-14-21(15-17-23)36-26(33)19-10-12-20(32)13-11-19/h1-17H,18H2/q+1. The minimum atomic E-state index is -4.63. The molecule has 37 heavy (non-hydrogen) atoms. The third kappa shape index (κ3) is 7.14. The van der Waals surface area contributed by atoms with Crippen molar-refractivity contribution in [1.29, 1.82) is 0 Å². The lowest BCUT2D eigenvalue weighted by atomic mass is 10.2. The molecule has 0 radical (unpaired) electrons. The summed E-state index contributed by atoms with van der Waals surface area (Å²) < 4.78 is 49.0.